The van der Waals surface area contributed by atoms with Crippen LogP contribution in [0.3, 0.4) is 0 Å². The quantitative estimate of drug-likeness (QED) is 0.431. The minimum atomic E-state index is -3.56. The summed E-state index contributed by atoms with van der Waals surface area (Å²) in [6.45, 7) is 0.277. The van der Waals surface area contributed by atoms with Crippen molar-refractivity contribution < 1.29 is 22.7 Å². The number of rotatable bonds is 7. The van der Waals surface area contributed by atoms with Gasteiger partial charge in [0.15, 0.2) is 0 Å². The van der Waals surface area contributed by atoms with Crippen LogP contribution in [0.4, 0.5) is 0 Å². The number of benzene rings is 2. The van der Waals surface area contributed by atoms with Crippen LogP contribution in [0.2, 0.25) is 10.0 Å². The lowest BCUT2D eigenvalue weighted by molar-refractivity contribution is -0.145. The summed E-state index contributed by atoms with van der Waals surface area (Å²) >= 11 is 12.7. The minimum Gasteiger partial charge on any atom is -0.467 e. The molecule has 2 aromatic carbocycles. The van der Waals surface area contributed by atoms with Gasteiger partial charge in [-0.2, -0.15) is 4.31 Å². The average molecular weight is 564 g/mol. The van der Waals surface area contributed by atoms with E-state index in [1.54, 1.807) is 18.2 Å². The van der Waals surface area contributed by atoms with Crippen LogP contribution in [-0.4, -0.2) is 61.6 Å². The summed E-state index contributed by atoms with van der Waals surface area (Å²) in [7, 11) is -2.31. The largest absolute Gasteiger partial charge is 0.467 e. The van der Waals surface area contributed by atoms with Gasteiger partial charge in [-0.1, -0.05) is 47.8 Å². The molecule has 37 heavy (non-hydrogen) atoms. The number of nitrogens with zero attached hydrogens (tertiary/aromatic N) is 2. The molecule has 8 nitrogen and oxygen atoms in total. The maximum atomic E-state index is 13.1. The van der Waals surface area contributed by atoms with Crippen molar-refractivity contribution in [1.29, 1.82) is 0 Å². The summed E-state index contributed by atoms with van der Waals surface area (Å²) < 4.78 is 30.5. The molecule has 1 N–H and O–H groups in total. The molecule has 1 aromatic heterocycles. The first-order chi connectivity index (χ1) is 17.6. The standard InChI is InChI=1S/C26H27Cl2N3O5S/c1-36-26(33)22(30-25(32)23-8-3-4-13-31(23)37(2,34)35)15-16-9-11-20-17(14-16)10-12-21(29-20)24-18(27)6-5-7-19(24)28/h5-7,9-12,14,22-23H,3-4,8,13,15H2,1-2H3,(H,30,32)/t22-,23-/m0/s1. The van der Waals surface area contributed by atoms with Gasteiger partial charge in [0, 0.05) is 23.9 Å². The van der Waals surface area contributed by atoms with Gasteiger partial charge in [-0.15, -0.1) is 0 Å². The summed E-state index contributed by atoms with van der Waals surface area (Å²) in [5, 5.41) is 4.54. The topological polar surface area (TPSA) is 106 Å². The number of aromatic nitrogens is 1. The van der Waals surface area contributed by atoms with Gasteiger partial charge < -0.3 is 10.1 Å². The van der Waals surface area contributed by atoms with E-state index < -0.39 is 34.0 Å². The van der Waals surface area contributed by atoms with E-state index in [9.17, 15) is 18.0 Å². The highest BCUT2D eigenvalue weighted by molar-refractivity contribution is 7.88. The van der Waals surface area contributed by atoms with Gasteiger partial charge in [-0.25, -0.2) is 18.2 Å². The van der Waals surface area contributed by atoms with Gasteiger partial charge in [-0.3, -0.25) is 4.79 Å². The second-order valence-electron chi connectivity index (χ2n) is 8.99. The molecule has 2 atom stereocenters. The van der Waals surface area contributed by atoms with E-state index in [2.05, 4.69) is 10.3 Å². The number of pyridine rings is 1. The number of halogens is 2. The summed E-state index contributed by atoms with van der Waals surface area (Å²) in [6.07, 6.45) is 3.06. The molecule has 11 heteroatoms. The van der Waals surface area contributed by atoms with E-state index in [0.29, 0.717) is 39.7 Å². The Bertz CT molecular complexity index is 1430. The predicted octanol–water partition coefficient (Wildman–Crippen LogP) is 4.22. The number of fused-ring (bicyclic) bond motifs is 1. The lowest BCUT2D eigenvalue weighted by atomic mass is 10.0. The fourth-order valence-corrected chi connectivity index (χ4v) is 6.30. The maximum Gasteiger partial charge on any atom is 0.328 e. The van der Waals surface area contributed by atoms with Gasteiger partial charge in [0.25, 0.3) is 0 Å². The highest BCUT2D eigenvalue weighted by atomic mass is 35.5. The van der Waals surface area contributed by atoms with E-state index in [1.807, 2.05) is 30.3 Å². The maximum absolute atomic E-state index is 13.1. The van der Waals surface area contributed by atoms with E-state index >= 15 is 0 Å². The minimum absolute atomic E-state index is 0.165. The van der Waals surface area contributed by atoms with Crippen LogP contribution in [0.5, 0.6) is 0 Å². The molecule has 1 aliphatic rings. The zero-order valence-electron chi connectivity index (χ0n) is 20.4. The normalized spacial score (nSPS) is 17.4. The Hall–Kier alpha value is -2.72. The Kier molecular flexibility index (Phi) is 8.38. The smallest absolute Gasteiger partial charge is 0.328 e. The summed E-state index contributed by atoms with van der Waals surface area (Å²) in [5.41, 5.74) is 2.77. The zero-order chi connectivity index (χ0) is 26.7. The van der Waals surface area contributed by atoms with E-state index in [4.69, 9.17) is 27.9 Å². The first kappa shape index (κ1) is 27.3. The molecule has 1 saturated heterocycles. The number of ether oxygens (including phenoxy) is 1. The van der Waals surface area contributed by atoms with Crippen LogP contribution in [-0.2, 0) is 30.8 Å². The number of hydrogen-bond donors (Lipinski definition) is 1. The third kappa shape index (κ3) is 6.23. The molecule has 3 aromatic rings. The van der Waals surface area contributed by atoms with Crippen molar-refractivity contribution in [1.82, 2.24) is 14.6 Å². The number of amides is 1. The molecule has 1 fully saturated rings. The Morgan fingerprint density at radius 3 is 2.54 bits per heavy atom. The monoisotopic (exact) mass is 563 g/mol. The second-order valence-corrected chi connectivity index (χ2v) is 11.7. The van der Waals surface area contributed by atoms with Crippen LogP contribution < -0.4 is 5.32 Å². The number of sulfonamides is 1. The fourth-order valence-electron chi connectivity index (χ4n) is 4.59. The number of carbonyl (C=O) groups excluding carboxylic acids is 2. The Morgan fingerprint density at radius 1 is 1.14 bits per heavy atom. The molecule has 1 aliphatic heterocycles. The number of hydrogen-bond acceptors (Lipinski definition) is 6. The Morgan fingerprint density at radius 2 is 1.86 bits per heavy atom. The first-order valence-corrected chi connectivity index (χ1v) is 14.4. The van der Waals surface area contributed by atoms with E-state index in [-0.39, 0.29) is 13.0 Å². The van der Waals surface area contributed by atoms with Crippen LogP contribution >= 0.6 is 23.2 Å². The number of methoxy groups -OCH3 is 1. The number of carbonyl (C=O) groups is 2. The average Bonchev–Trinajstić information content (AvgIpc) is 2.87. The molecule has 196 valence electrons. The molecule has 0 radical (unpaired) electrons. The Balaban J connectivity index is 1.56. The van der Waals surface area contributed by atoms with Crippen molar-refractivity contribution >= 4 is 56.0 Å². The number of piperidine rings is 1. The van der Waals surface area contributed by atoms with Gasteiger partial charge in [0.1, 0.15) is 12.1 Å². The van der Waals surface area contributed by atoms with Crippen molar-refractivity contribution in [3.05, 3.63) is 64.1 Å². The molecule has 0 unspecified atom stereocenters. The van der Waals surface area contributed by atoms with Crippen LogP contribution in [0.25, 0.3) is 22.2 Å². The molecular weight excluding hydrogens is 537 g/mol. The highest BCUT2D eigenvalue weighted by Gasteiger charge is 2.36. The molecule has 0 spiro atoms. The van der Waals surface area contributed by atoms with Gasteiger partial charge >= 0.3 is 5.97 Å². The molecule has 1 amide bonds. The van der Waals surface area contributed by atoms with Gasteiger partial charge in [0.2, 0.25) is 15.9 Å². The molecular formula is C26H27Cl2N3O5S. The van der Waals surface area contributed by atoms with Crippen LogP contribution in [0.15, 0.2) is 48.5 Å². The third-order valence-electron chi connectivity index (χ3n) is 6.40. The highest BCUT2D eigenvalue weighted by Crippen LogP contribution is 2.34. The van der Waals surface area contributed by atoms with Crippen molar-refractivity contribution in [3.8, 4) is 11.3 Å². The first-order valence-electron chi connectivity index (χ1n) is 11.8. The fraction of sp³-hybridized carbons (Fsp3) is 0.346. The van der Waals surface area contributed by atoms with Crippen molar-refractivity contribution in [2.75, 3.05) is 19.9 Å². The lowest BCUT2D eigenvalue weighted by Gasteiger charge is -2.33. The molecule has 0 bridgehead atoms. The second kappa shape index (κ2) is 11.3. The predicted molar refractivity (Wildman–Crippen MR) is 144 cm³/mol. The van der Waals surface area contributed by atoms with Crippen molar-refractivity contribution in [2.24, 2.45) is 0 Å². The molecule has 0 aliphatic carbocycles. The van der Waals surface area contributed by atoms with E-state index in [1.165, 1.54) is 11.4 Å². The molecule has 2 heterocycles. The third-order valence-corrected chi connectivity index (χ3v) is 8.32. The summed E-state index contributed by atoms with van der Waals surface area (Å²) in [5.74, 6) is -1.12. The number of nitrogens with one attached hydrogen (secondary N) is 1. The summed E-state index contributed by atoms with van der Waals surface area (Å²) in [6, 6.07) is 12.7. The van der Waals surface area contributed by atoms with E-state index in [0.717, 1.165) is 23.6 Å². The van der Waals surface area contributed by atoms with Crippen molar-refractivity contribution in [3.63, 3.8) is 0 Å². The van der Waals surface area contributed by atoms with Crippen LogP contribution in [0, 0.1) is 0 Å². The Labute approximate surface area is 226 Å². The number of esters is 1. The van der Waals surface area contributed by atoms with Crippen LogP contribution in [0.1, 0.15) is 24.8 Å². The SMILES string of the molecule is COC(=O)[C@H](Cc1ccc2nc(-c3c(Cl)cccc3Cl)ccc2c1)NC(=O)[C@@H]1CCCCN1S(C)(=O)=O. The van der Waals surface area contributed by atoms with Gasteiger partial charge in [-0.05, 0) is 48.7 Å². The summed E-state index contributed by atoms with van der Waals surface area (Å²) in [4.78, 5) is 30.3. The molecule has 4 rings (SSSR count). The van der Waals surface area contributed by atoms with Gasteiger partial charge in [0.05, 0.1) is 34.6 Å². The molecule has 0 saturated carbocycles. The van der Waals surface area contributed by atoms with Crippen molar-refractivity contribution in [2.45, 2.75) is 37.8 Å². The lowest BCUT2D eigenvalue weighted by Crippen LogP contribution is -2.55. The zero-order valence-corrected chi connectivity index (χ0v) is 22.7.